The fourth-order valence-electron chi connectivity index (χ4n) is 8.10. The van der Waals surface area contributed by atoms with Gasteiger partial charge in [0, 0.05) is 33.9 Å². The Morgan fingerprint density at radius 2 is 0.793 bits per heavy atom. The summed E-state index contributed by atoms with van der Waals surface area (Å²) < 4.78 is 0. The third-order valence-electron chi connectivity index (χ3n) is 12.0. The molecule has 0 saturated carbocycles. The molecular weight excluding hydrogens is 1400 g/mol. The molecule has 7 aliphatic rings. The van der Waals surface area contributed by atoms with Gasteiger partial charge in [-0.2, -0.15) is 21.0 Å². The van der Waals surface area contributed by atoms with E-state index in [9.17, 15) is 38.4 Å². The number of carbonyl (C=O) groups is 8. The molecule has 9 N–H and O–H groups in total. The number of nitrogens with zero attached hydrogens (tertiary/aromatic N) is 11. The molecule has 8 amide bonds. The Morgan fingerprint density at radius 1 is 0.460 bits per heavy atom. The number of nitriles is 4. The molecular formula is C56H84Ag3N20O8-3. The van der Waals surface area contributed by atoms with E-state index in [1.165, 1.54) is 27.7 Å². The molecule has 8 rings (SSSR count). The van der Waals surface area contributed by atoms with Gasteiger partial charge in [-0.15, -0.1) is 32.7 Å². The smallest absolute Gasteiger partial charge is 0.642 e. The summed E-state index contributed by atoms with van der Waals surface area (Å²) in [6.45, 7) is 10.9. The van der Waals surface area contributed by atoms with Gasteiger partial charge in [0.05, 0.1) is 30.4 Å². The van der Waals surface area contributed by atoms with Crippen molar-refractivity contribution in [1.82, 2.24) is 47.5 Å². The van der Waals surface area contributed by atoms with Gasteiger partial charge >= 0.3 is 103 Å². The summed E-state index contributed by atoms with van der Waals surface area (Å²) >= 11 is 0. The molecule has 6 saturated heterocycles. The van der Waals surface area contributed by atoms with E-state index in [4.69, 9.17) is 21.0 Å². The maximum atomic E-state index is 11.7. The first-order valence-corrected chi connectivity index (χ1v) is 28.4. The summed E-state index contributed by atoms with van der Waals surface area (Å²) in [5.74, 6) is -4.27. The largest absolute Gasteiger partial charge is 1.00 e. The summed E-state index contributed by atoms with van der Waals surface area (Å²) in [6.07, 6.45) is 23.4. The molecule has 0 spiro atoms. The van der Waals surface area contributed by atoms with Crippen LogP contribution in [-0.2, 0) is 105 Å². The molecule has 87 heavy (non-hydrogen) atoms. The first-order valence-electron chi connectivity index (χ1n) is 28.4. The van der Waals surface area contributed by atoms with Crippen molar-refractivity contribution >= 4 is 53.1 Å². The van der Waals surface area contributed by atoms with Crippen LogP contribution in [0.15, 0.2) is 48.4 Å². The monoisotopic (exact) mass is 1490 g/mol. The van der Waals surface area contributed by atoms with E-state index in [0.717, 1.165) is 155 Å². The molecule has 0 bridgehead atoms. The maximum Gasteiger partial charge on any atom is 1.00 e. The molecule has 0 aliphatic carbocycles. The van der Waals surface area contributed by atoms with Gasteiger partial charge in [-0.3, -0.25) is 43.7 Å². The second-order valence-corrected chi connectivity index (χ2v) is 18.8. The second-order valence-electron chi connectivity index (χ2n) is 18.8. The van der Waals surface area contributed by atoms with Crippen LogP contribution in [0, 0.1) is 45.3 Å². The number of allylic oxidation sites excluding steroid dienone is 2. The zero-order chi connectivity index (χ0) is 62.0. The van der Waals surface area contributed by atoms with Crippen LogP contribution in [0.1, 0.15) is 143 Å². The first-order chi connectivity index (χ1) is 40.7. The molecule has 6 unspecified atom stereocenters. The quantitative estimate of drug-likeness (QED) is 0.119. The Bertz CT molecular complexity index is 2180. The van der Waals surface area contributed by atoms with Crippen LogP contribution in [0.5, 0.6) is 0 Å². The van der Waals surface area contributed by atoms with Crippen molar-refractivity contribution in [1.29, 1.82) is 21.0 Å². The predicted octanol–water partition coefficient (Wildman–Crippen LogP) is 5.21. The van der Waals surface area contributed by atoms with Gasteiger partial charge in [-0.1, -0.05) is 157 Å². The molecule has 6 atom stereocenters. The summed E-state index contributed by atoms with van der Waals surface area (Å²) in [7, 11) is 0. The van der Waals surface area contributed by atoms with E-state index >= 15 is 0 Å². The predicted molar refractivity (Wildman–Crippen MR) is 315 cm³/mol. The third-order valence-corrected chi connectivity index (χ3v) is 12.0. The van der Waals surface area contributed by atoms with E-state index in [1.807, 2.05) is 6.08 Å². The van der Waals surface area contributed by atoms with Crippen molar-refractivity contribution in [3.8, 4) is 24.3 Å². The van der Waals surface area contributed by atoms with Crippen LogP contribution in [0.3, 0.4) is 0 Å². The third kappa shape index (κ3) is 43.4. The van der Waals surface area contributed by atoms with Gasteiger partial charge in [-0.25, -0.2) is 4.98 Å². The zero-order valence-electron chi connectivity index (χ0n) is 49.8. The Labute approximate surface area is 559 Å². The van der Waals surface area contributed by atoms with Crippen molar-refractivity contribution in [2.75, 3.05) is 51.1 Å². The molecule has 6 fully saturated rings. The van der Waals surface area contributed by atoms with Crippen molar-refractivity contribution in [3.05, 3.63) is 80.3 Å². The van der Waals surface area contributed by atoms with Gasteiger partial charge in [0.25, 0.3) is 5.91 Å². The molecule has 28 nitrogen and oxygen atoms in total. The van der Waals surface area contributed by atoms with Crippen molar-refractivity contribution in [2.24, 2.45) is 0 Å². The van der Waals surface area contributed by atoms with E-state index in [-0.39, 0.29) is 104 Å². The Kier molecular flexibility index (Phi) is 55.5. The molecule has 492 valence electrons. The van der Waals surface area contributed by atoms with E-state index < -0.39 is 47.3 Å². The standard InChI is InChI=1S/C12H21N4O2.C12H20N4O2.C12H16N4O2.C12H15N4O2.4C2H3N.3Ag/c4*17-11(15-9-5-1-3-7-13-9)12(18)16-10-6-2-4-8-14-10;4*1-2-3;;;/h9-10,13H,1-8H2,(H,15,17)(H,16,18);9-10H,1-8H2,(H,15,17)(H,16,18);1,3,5,10H,2,4,6-8H2,(H,15,17)(H,16,18);1,3,5,7,10H,2,4,6,8H2,(H,16,18)(H,13,15,17);4*1H3;;;/q-1;2*-2;-1;;;;;3*+1. The van der Waals surface area contributed by atoms with Crippen LogP contribution in [0.4, 0.5) is 5.82 Å². The minimum atomic E-state index is -0.713. The molecule has 1 aromatic rings. The minimum Gasteiger partial charge on any atom is -0.642 e. The topological polar surface area (TPSA) is 437 Å². The molecule has 1 aromatic heterocycles. The average Bonchev–Trinajstić information content (AvgIpc) is 3.52. The van der Waals surface area contributed by atoms with Gasteiger partial charge < -0.3 is 74.4 Å². The zero-order valence-corrected chi connectivity index (χ0v) is 54.2. The van der Waals surface area contributed by atoms with Crippen molar-refractivity contribution < 1.29 is 105 Å². The summed E-state index contributed by atoms with van der Waals surface area (Å²) in [5.41, 5.74) is 0. The van der Waals surface area contributed by atoms with E-state index in [2.05, 4.69) is 84.7 Å². The van der Waals surface area contributed by atoms with Crippen molar-refractivity contribution in [3.63, 3.8) is 0 Å². The Hall–Kier alpha value is -5.87. The summed E-state index contributed by atoms with van der Waals surface area (Å²) in [4.78, 5) is 97.0. The molecule has 0 aromatic carbocycles. The molecule has 31 heteroatoms. The van der Waals surface area contributed by atoms with Crippen LogP contribution >= 0.6 is 0 Å². The number of aromatic nitrogens is 1. The average molecular weight is 1490 g/mol. The Morgan fingerprint density at radius 3 is 1.08 bits per heavy atom. The van der Waals surface area contributed by atoms with E-state index in [1.54, 1.807) is 60.8 Å². The van der Waals surface area contributed by atoms with Crippen LogP contribution in [0.2, 0.25) is 0 Å². The molecule has 7 aliphatic heterocycles. The number of anilines is 1. The molecule has 8 heterocycles. The number of piperidine rings is 6. The van der Waals surface area contributed by atoms with E-state index in [0.29, 0.717) is 18.2 Å². The number of pyridine rings is 1. The van der Waals surface area contributed by atoms with Gasteiger partial charge in [0.1, 0.15) is 5.82 Å². The van der Waals surface area contributed by atoms with Gasteiger partial charge in [0.15, 0.2) is 0 Å². The normalized spacial score (nSPS) is 20.8. The summed E-state index contributed by atoms with van der Waals surface area (Å²) in [5, 5.41) is 78.5. The number of hydrogen-bond donors (Lipinski definition) is 9. The maximum absolute atomic E-state index is 11.7. The second kappa shape index (κ2) is 56.6. The fraction of sp³-hybridized carbons (Fsp3) is 0.625. The van der Waals surface area contributed by atoms with Crippen LogP contribution in [0.25, 0.3) is 31.9 Å². The van der Waals surface area contributed by atoms with Crippen molar-refractivity contribution in [2.45, 2.75) is 180 Å². The fourth-order valence-corrected chi connectivity index (χ4v) is 8.10. The van der Waals surface area contributed by atoms with Gasteiger partial charge in [-0.05, 0) is 44.5 Å². The van der Waals surface area contributed by atoms with Gasteiger partial charge in [0.2, 0.25) is 5.91 Å². The number of hydrogen-bond acceptors (Lipinski definition) is 14. The van der Waals surface area contributed by atoms with Crippen LogP contribution in [-0.4, -0.2) is 135 Å². The first kappa shape index (κ1) is 85.3. The number of carbonyl (C=O) groups excluding carboxylic acids is 8. The van der Waals surface area contributed by atoms with Crippen LogP contribution < -0.4 is 47.9 Å². The Balaban J connectivity index is -0.00000101. The SMILES string of the molecule is CC#N.CC#N.CC#N.CC#N.O=C(NC1=CC=CC[N-]1)C(=O)NC1CCCC[N-]1.O=C(NC1CCCC[N-]1)C(=O)NC1CCCCN1.O=C(NC1CCCC[N-]1)C(=O)NC1CCCC[N-]1.O=C(Nc1ccccn1)C(=O)NC1CCCC[N-]1.[Ag+].[Ag+].[Ag+]. The number of rotatable bonds is 8. The summed E-state index contributed by atoms with van der Waals surface area (Å²) in [6, 6.07) is 12.1. The number of amides is 8. The number of nitrogens with one attached hydrogen (secondary N) is 9. The molecule has 0 radical (unpaired) electrons. The minimum absolute atomic E-state index is 0.